The Labute approximate surface area is 237 Å². The fourth-order valence-corrected chi connectivity index (χ4v) is 4.88. The number of rotatable bonds is 8. The number of alkyl halides is 3. The van der Waals surface area contributed by atoms with E-state index in [4.69, 9.17) is 19.0 Å². The standard InChI is InChI=1S/C29H39F3N4O5/c1-19(34-41-26-10-6-7-13-39-26)18-40-23-12-11-20(29(30,31)32)15-22(23)27(37)33-25-16-24(28(2,3)4)35(5)36(25)17-21-9-8-14-38-21/h11-12,15-16,21,26H,6-10,13-14,17-18H2,1-5H3/t21-,26?/m1/s1. The largest absolute Gasteiger partial charge is 0.487 e. The monoisotopic (exact) mass is 580 g/mol. The SMILES string of the molecule is CC(COc1ccc(C(F)(F)F)cc1C(=O)N=c1cc(C(C)(C)C)n(C)n1C[C@H]1CCCO1)=NOC1CCCCO1. The Balaban J connectivity index is 1.65. The maximum Gasteiger partial charge on any atom is 0.416 e. The lowest BCUT2D eigenvalue weighted by Gasteiger charge is -2.21. The molecule has 1 unspecified atom stereocenters. The van der Waals surface area contributed by atoms with E-state index in [1.807, 2.05) is 37.2 Å². The van der Waals surface area contributed by atoms with Gasteiger partial charge in [0.1, 0.15) is 12.4 Å². The highest BCUT2D eigenvalue weighted by molar-refractivity contribution is 5.98. The minimum Gasteiger partial charge on any atom is -0.487 e. The molecule has 0 spiro atoms. The second-order valence-corrected chi connectivity index (χ2v) is 11.5. The summed E-state index contributed by atoms with van der Waals surface area (Å²) in [4.78, 5) is 23.2. The van der Waals surface area contributed by atoms with Gasteiger partial charge in [-0.2, -0.15) is 18.2 Å². The molecule has 0 saturated carbocycles. The first-order valence-electron chi connectivity index (χ1n) is 14.0. The first-order chi connectivity index (χ1) is 19.3. The maximum atomic E-state index is 13.6. The van der Waals surface area contributed by atoms with Crippen LogP contribution >= 0.6 is 0 Å². The molecular weight excluding hydrogens is 541 g/mol. The van der Waals surface area contributed by atoms with Crippen LogP contribution in [0.1, 0.15) is 81.4 Å². The summed E-state index contributed by atoms with van der Waals surface area (Å²) >= 11 is 0. The number of halogens is 3. The lowest BCUT2D eigenvalue weighted by Crippen LogP contribution is -2.30. The van der Waals surface area contributed by atoms with Gasteiger partial charge in [-0.05, 0) is 50.8 Å². The first-order valence-corrected chi connectivity index (χ1v) is 14.0. The van der Waals surface area contributed by atoms with Gasteiger partial charge in [-0.1, -0.05) is 25.9 Å². The number of benzene rings is 1. The van der Waals surface area contributed by atoms with E-state index < -0.39 is 23.9 Å². The van der Waals surface area contributed by atoms with E-state index in [0.717, 1.165) is 56.0 Å². The molecule has 1 amide bonds. The Bertz CT molecular complexity index is 1310. The average Bonchev–Trinajstić information content (AvgIpc) is 3.54. The van der Waals surface area contributed by atoms with Crippen molar-refractivity contribution in [3.8, 4) is 5.75 Å². The fourth-order valence-electron chi connectivity index (χ4n) is 4.88. The average molecular weight is 581 g/mol. The predicted molar refractivity (Wildman–Crippen MR) is 146 cm³/mol. The summed E-state index contributed by atoms with van der Waals surface area (Å²) in [5, 5.41) is 4.02. The third-order valence-electron chi connectivity index (χ3n) is 7.06. The Hall–Kier alpha value is -3.12. The van der Waals surface area contributed by atoms with Gasteiger partial charge in [0, 0.05) is 37.3 Å². The first kappa shape index (κ1) is 30.8. The third-order valence-corrected chi connectivity index (χ3v) is 7.06. The molecule has 2 saturated heterocycles. The molecule has 2 aliphatic rings. The summed E-state index contributed by atoms with van der Waals surface area (Å²) in [6.07, 6.45) is -0.643. The molecule has 0 aliphatic carbocycles. The number of nitrogens with zero attached hydrogens (tertiary/aromatic N) is 4. The van der Waals surface area contributed by atoms with Crippen molar-refractivity contribution in [2.45, 2.75) is 90.3 Å². The Morgan fingerprint density at radius 2 is 1.83 bits per heavy atom. The van der Waals surface area contributed by atoms with E-state index >= 15 is 0 Å². The molecule has 0 N–H and O–H groups in total. The minimum absolute atomic E-state index is 0.0344. The molecule has 41 heavy (non-hydrogen) atoms. The minimum atomic E-state index is -4.65. The smallest absolute Gasteiger partial charge is 0.416 e. The molecular formula is C29H39F3N4O5. The van der Waals surface area contributed by atoms with E-state index in [9.17, 15) is 18.0 Å². The molecule has 1 aromatic carbocycles. The van der Waals surface area contributed by atoms with Gasteiger partial charge in [-0.25, -0.2) is 0 Å². The molecule has 226 valence electrons. The summed E-state index contributed by atoms with van der Waals surface area (Å²) in [7, 11) is 1.88. The number of carbonyl (C=O) groups is 1. The van der Waals surface area contributed by atoms with Crippen LogP contribution in [0.4, 0.5) is 13.2 Å². The number of oxime groups is 1. The van der Waals surface area contributed by atoms with Gasteiger partial charge < -0.3 is 19.0 Å². The van der Waals surface area contributed by atoms with Crippen molar-refractivity contribution in [1.82, 2.24) is 9.36 Å². The van der Waals surface area contributed by atoms with E-state index in [1.165, 1.54) is 0 Å². The Morgan fingerprint density at radius 1 is 1.07 bits per heavy atom. The topological polar surface area (TPSA) is 88.6 Å². The molecule has 9 nitrogen and oxygen atoms in total. The Kier molecular flexibility index (Phi) is 9.63. The van der Waals surface area contributed by atoms with Crippen LogP contribution in [0.3, 0.4) is 0 Å². The second-order valence-electron chi connectivity index (χ2n) is 11.5. The van der Waals surface area contributed by atoms with E-state index in [0.29, 0.717) is 31.0 Å². The second kappa shape index (κ2) is 12.8. The van der Waals surface area contributed by atoms with Crippen LogP contribution in [0.2, 0.25) is 0 Å². The van der Waals surface area contributed by atoms with Crippen molar-refractivity contribution in [1.29, 1.82) is 0 Å². The molecule has 2 aromatic rings. The zero-order chi connectivity index (χ0) is 29.8. The lowest BCUT2D eigenvalue weighted by molar-refractivity contribution is -0.162. The predicted octanol–water partition coefficient (Wildman–Crippen LogP) is 5.36. The summed E-state index contributed by atoms with van der Waals surface area (Å²) < 4.78 is 61.6. The van der Waals surface area contributed by atoms with E-state index in [2.05, 4.69) is 10.1 Å². The van der Waals surface area contributed by atoms with Crippen molar-refractivity contribution in [3.63, 3.8) is 0 Å². The summed E-state index contributed by atoms with van der Waals surface area (Å²) in [5.74, 6) is -0.882. The normalized spacial score (nSPS) is 20.9. The maximum absolute atomic E-state index is 13.6. The van der Waals surface area contributed by atoms with Crippen molar-refractivity contribution >= 4 is 11.6 Å². The van der Waals surface area contributed by atoms with E-state index in [-0.39, 0.29) is 29.4 Å². The molecule has 2 aliphatic heterocycles. The number of hydrogen-bond donors (Lipinski definition) is 0. The third kappa shape index (κ3) is 8.00. The molecule has 0 bridgehead atoms. The van der Waals surface area contributed by atoms with Gasteiger partial charge >= 0.3 is 6.18 Å². The quantitative estimate of drug-likeness (QED) is 0.310. The van der Waals surface area contributed by atoms with Crippen LogP contribution in [0.15, 0.2) is 34.4 Å². The fraction of sp³-hybridized carbons (Fsp3) is 0.621. The zero-order valence-electron chi connectivity index (χ0n) is 24.3. The number of amides is 1. The molecule has 12 heteroatoms. The Morgan fingerprint density at radius 3 is 2.46 bits per heavy atom. The van der Waals surface area contributed by atoms with Crippen molar-refractivity contribution in [3.05, 3.63) is 46.6 Å². The van der Waals surface area contributed by atoms with Crippen LogP contribution in [0.25, 0.3) is 0 Å². The molecule has 2 atom stereocenters. The van der Waals surface area contributed by atoms with Crippen LogP contribution in [-0.4, -0.2) is 53.2 Å². The number of ether oxygens (including phenoxy) is 3. The highest BCUT2D eigenvalue weighted by atomic mass is 19.4. The lowest BCUT2D eigenvalue weighted by atomic mass is 9.92. The highest BCUT2D eigenvalue weighted by Gasteiger charge is 2.32. The van der Waals surface area contributed by atoms with Gasteiger partial charge in [0.2, 0.25) is 6.29 Å². The zero-order valence-corrected chi connectivity index (χ0v) is 24.3. The highest BCUT2D eigenvalue weighted by Crippen LogP contribution is 2.33. The molecule has 3 heterocycles. The summed E-state index contributed by atoms with van der Waals surface area (Å²) in [6, 6.07) is 4.58. The number of aromatic nitrogens is 2. The van der Waals surface area contributed by atoms with Gasteiger partial charge in [0.15, 0.2) is 5.49 Å². The molecule has 1 aromatic heterocycles. The molecule has 0 radical (unpaired) electrons. The van der Waals surface area contributed by atoms with Gasteiger partial charge in [-0.3, -0.25) is 14.2 Å². The number of hydrogen-bond acceptors (Lipinski definition) is 6. The van der Waals surface area contributed by atoms with Crippen molar-refractivity contribution in [2.24, 2.45) is 17.2 Å². The summed E-state index contributed by atoms with van der Waals surface area (Å²) in [5.41, 5.74) is 0.143. The van der Waals surface area contributed by atoms with Gasteiger partial charge in [-0.15, -0.1) is 0 Å². The van der Waals surface area contributed by atoms with Crippen molar-refractivity contribution < 1.29 is 37.0 Å². The van der Waals surface area contributed by atoms with Crippen LogP contribution in [0.5, 0.6) is 5.75 Å². The summed E-state index contributed by atoms with van der Waals surface area (Å²) in [6.45, 7) is 9.40. The molecule has 4 rings (SSSR count). The van der Waals surface area contributed by atoms with Crippen molar-refractivity contribution in [2.75, 3.05) is 19.8 Å². The van der Waals surface area contributed by atoms with Crippen LogP contribution < -0.4 is 10.2 Å². The van der Waals surface area contributed by atoms with Crippen LogP contribution in [0, 0.1) is 0 Å². The van der Waals surface area contributed by atoms with Gasteiger partial charge in [0.05, 0.1) is 36.1 Å². The molecule has 2 fully saturated rings. The van der Waals surface area contributed by atoms with Gasteiger partial charge in [0.25, 0.3) is 5.91 Å². The van der Waals surface area contributed by atoms with Crippen LogP contribution in [-0.2, 0) is 39.5 Å². The van der Waals surface area contributed by atoms with E-state index in [1.54, 1.807) is 13.0 Å². The number of carbonyl (C=O) groups excluding carboxylic acids is 1.